The van der Waals surface area contributed by atoms with Gasteiger partial charge in [-0.15, -0.1) is 0 Å². The van der Waals surface area contributed by atoms with Gasteiger partial charge in [0.15, 0.2) is 0 Å². The minimum absolute atomic E-state index is 0.994. The molecule has 0 bridgehead atoms. The summed E-state index contributed by atoms with van der Waals surface area (Å²) in [5.41, 5.74) is 2.81. The van der Waals surface area contributed by atoms with Crippen molar-refractivity contribution in [3.63, 3.8) is 0 Å². The summed E-state index contributed by atoms with van der Waals surface area (Å²) in [5.74, 6) is 2.43. The number of rotatable bonds is 2. The zero-order valence-electron chi connectivity index (χ0n) is 12.1. The van der Waals surface area contributed by atoms with Gasteiger partial charge >= 0.3 is 120 Å². The third kappa shape index (κ3) is 12.4. The molecule has 0 aromatic heterocycles. The third-order valence-electron chi connectivity index (χ3n) is 1.95. The van der Waals surface area contributed by atoms with E-state index < -0.39 is 7.26 Å². The zero-order chi connectivity index (χ0) is 13.5. The molecule has 1 rings (SSSR count). The molecule has 0 spiro atoms. The van der Waals surface area contributed by atoms with E-state index in [0.29, 0.717) is 0 Å². The van der Waals surface area contributed by atoms with Gasteiger partial charge in [-0.2, -0.15) is 0 Å². The van der Waals surface area contributed by atoms with Crippen LogP contribution in [-0.4, -0.2) is 20.0 Å². The summed E-state index contributed by atoms with van der Waals surface area (Å²) in [7, 11) is -0.994. The Hall–Kier alpha value is 0.104. The second kappa shape index (κ2) is 8.25. The van der Waals surface area contributed by atoms with Crippen LogP contribution in [0.2, 0.25) is 0 Å². The molecule has 0 aromatic rings. The van der Waals surface area contributed by atoms with Crippen LogP contribution in [0.3, 0.4) is 0 Å². The molecule has 0 fully saturated rings. The Morgan fingerprint density at radius 3 is 2.06 bits per heavy atom. The van der Waals surface area contributed by atoms with Crippen molar-refractivity contribution in [3.05, 3.63) is 45.1 Å². The molecule has 0 N–H and O–H groups in total. The van der Waals surface area contributed by atoms with Gasteiger partial charge in [0.1, 0.15) is 0 Å². The van der Waals surface area contributed by atoms with Crippen LogP contribution in [-0.2, 0) is 20.4 Å². The molecule has 0 nitrogen and oxygen atoms in total. The van der Waals surface area contributed by atoms with E-state index >= 15 is 0 Å². The quantitative estimate of drug-likeness (QED) is 0.385. The van der Waals surface area contributed by atoms with E-state index in [1.807, 2.05) is 0 Å². The Morgan fingerprint density at radius 1 is 1.24 bits per heavy atom. The molecular formula is C15H26PTi. The summed E-state index contributed by atoms with van der Waals surface area (Å²) < 4.78 is 1.47. The maximum absolute atomic E-state index is 2.43. The minimum atomic E-state index is -0.994. The summed E-state index contributed by atoms with van der Waals surface area (Å²) in [5, 5.41) is 0. The van der Waals surface area contributed by atoms with Crippen LogP contribution in [0.4, 0.5) is 0 Å². The van der Waals surface area contributed by atoms with Gasteiger partial charge < -0.3 is 0 Å². The predicted octanol–water partition coefficient (Wildman–Crippen LogP) is 4.87. The van der Waals surface area contributed by atoms with E-state index in [1.54, 1.807) is 0 Å². The molecule has 0 amide bonds. The topological polar surface area (TPSA) is 0 Å². The van der Waals surface area contributed by atoms with Crippen LogP contribution in [0.15, 0.2) is 45.1 Å². The molecule has 0 atom stereocenters. The normalized spacial score (nSPS) is 15.8. The Labute approximate surface area is 120 Å². The molecule has 17 heavy (non-hydrogen) atoms. The molecule has 2 heteroatoms. The van der Waals surface area contributed by atoms with E-state index in [0.717, 1.165) is 0 Å². The summed E-state index contributed by atoms with van der Waals surface area (Å²) in [6, 6.07) is 0. The second-order valence-electron chi connectivity index (χ2n) is 5.80. The molecule has 0 saturated carbocycles. The van der Waals surface area contributed by atoms with Crippen molar-refractivity contribution in [2.45, 2.75) is 27.2 Å². The van der Waals surface area contributed by atoms with Gasteiger partial charge in [0.2, 0.25) is 0 Å². The maximum atomic E-state index is 2.43. The Balaban J connectivity index is 0.000000354. The van der Waals surface area contributed by atoms with Gasteiger partial charge in [0.05, 0.1) is 0 Å². The fraction of sp³-hybridized carbons (Fsp3) is 0.467. The molecular weight excluding hydrogens is 259 g/mol. The predicted molar refractivity (Wildman–Crippen MR) is 81.1 cm³/mol. The first-order valence-corrected chi connectivity index (χ1v) is 10.5. The molecule has 1 aliphatic carbocycles. The molecule has 95 valence electrons. The van der Waals surface area contributed by atoms with Crippen LogP contribution >= 0.6 is 7.26 Å². The average Bonchev–Trinajstić information content (AvgIpc) is 2.51. The first-order chi connectivity index (χ1) is 7.70. The van der Waals surface area contributed by atoms with Gasteiger partial charge in [-0.1, -0.05) is 0 Å². The molecule has 0 radical (unpaired) electrons. The van der Waals surface area contributed by atoms with Gasteiger partial charge in [-0.3, -0.25) is 0 Å². The van der Waals surface area contributed by atoms with Gasteiger partial charge in [0.25, 0.3) is 0 Å². The van der Waals surface area contributed by atoms with Crippen molar-refractivity contribution >= 4 is 7.26 Å². The molecule has 0 saturated heterocycles. The monoisotopic (exact) mass is 285 g/mol. The summed E-state index contributed by atoms with van der Waals surface area (Å²) in [6.07, 6.45) is 9.81. The van der Waals surface area contributed by atoms with Crippen LogP contribution in [0.25, 0.3) is 0 Å². The van der Waals surface area contributed by atoms with Crippen LogP contribution in [0.5, 0.6) is 0 Å². The van der Waals surface area contributed by atoms with Crippen LogP contribution in [0, 0.1) is 0 Å². The number of hydrogen-bond donors (Lipinski definition) is 0. The summed E-state index contributed by atoms with van der Waals surface area (Å²) >= 11 is 2.14. The summed E-state index contributed by atoms with van der Waals surface area (Å²) in [4.78, 5) is 0. The zero-order valence-corrected chi connectivity index (χ0v) is 14.7. The van der Waals surface area contributed by atoms with E-state index in [-0.39, 0.29) is 0 Å². The first kappa shape index (κ1) is 17.1. The van der Waals surface area contributed by atoms with Crippen LogP contribution in [0.1, 0.15) is 27.2 Å². The van der Waals surface area contributed by atoms with Crippen molar-refractivity contribution < 1.29 is 20.4 Å². The molecule has 0 aromatic carbocycles. The Bertz CT molecular complexity index is 348. The van der Waals surface area contributed by atoms with E-state index in [4.69, 9.17) is 0 Å². The summed E-state index contributed by atoms with van der Waals surface area (Å²) in [6.45, 7) is 13.5. The Kier molecular flexibility index (Phi) is 8.30. The number of allylic oxidation sites excluding steroid dienone is 7. The standard InChI is InChI=1S/C10H21P.C5H5.Ti/c1-9(2)7-10(3)8-11(4,5)6;1-2-4-5-3-1;/h7-8,11H,1-6H3;1-3H,4H2;. The van der Waals surface area contributed by atoms with Crippen LogP contribution < -0.4 is 0 Å². The van der Waals surface area contributed by atoms with E-state index in [9.17, 15) is 0 Å². The fourth-order valence-electron chi connectivity index (χ4n) is 1.63. The first-order valence-electron chi connectivity index (χ1n) is 6.12. The average molecular weight is 285 g/mol. The SMILES string of the molecule is CC(C)=CC(C)=C[PH](C)(C)C.[Ti][C]1=CC=CC1. The number of hydrogen-bond acceptors (Lipinski definition) is 0. The molecule has 0 aliphatic heterocycles. The van der Waals surface area contributed by atoms with Gasteiger partial charge in [0, 0.05) is 0 Å². The van der Waals surface area contributed by atoms with Gasteiger partial charge in [-0.05, 0) is 0 Å². The molecule has 1 aliphatic rings. The molecule has 0 heterocycles. The van der Waals surface area contributed by atoms with E-state index in [1.165, 1.54) is 21.4 Å². The van der Waals surface area contributed by atoms with Gasteiger partial charge in [-0.25, -0.2) is 0 Å². The second-order valence-corrected chi connectivity index (χ2v) is 11.8. The van der Waals surface area contributed by atoms with E-state index in [2.05, 4.69) is 91.3 Å². The molecule has 0 unspecified atom stereocenters. The van der Waals surface area contributed by atoms with Crippen molar-refractivity contribution in [3.8, 4) is 0 Å². The third-order valence-corrected chi connectivity index (χ3v) is 3.85. The van der Waals surface area contributed by atoms with Crippen molar-refractivity contribution in [2.75, 3.05) is 20.0 Å². The Morgan fingerprint density at radius 2 is 1.82 bits per heavy atom. The fourth-order valence-corrected chi connectivity index (χ4v) is 3.41. The van der Waals surface area contributed by atoms with Crippen molar-refractivity contribution in [1.82, 2.24) is 0 Å². The van der Waals surface area contributed by atoms with Crippen molar-refractivity contribution in [1.29, 1.82) is 0 Å². The van der Waals surface area contributed by atoms with Crippen molar-refractivity contribution in [2.24, 2.45) is 0 Å².